The van der Waals surface area contributed by atoms with Gasteiger partial charge in [0.05, 0.1) is 17.6 Å². The van der Waals surface area contributed by atoms with E-state index in [-0.39, 0.29) is 5.69 Å². The van der Waals surface area contributed by atoms with Gasteiger partial charge in [-0.15, -0.1) is 0 Å². The SMILES string of the molecule is Cn1c(CN2CCCCC2)nc2cc(NC(=O)c3cc(C(F)(F)F)[nH]n3)ccc21. The Labute approximate surface area is 164 Å². The van der Waals surface area contributed by atoms with Gasteiger partial charge in [-0.2, -0.15) is 18.3 Å². The molecule has 0 atom stereocenters. The number of alkyl halides is 3. The molecule has 0 radical (unpaired) electrons. The number of piperidine rings is 1. The third kappa shape index (κ3) is 4.12. The number of carbonyl (C=O) groups excluding carboxylic acids is 1. The molecule has 2 aromatic heterocycles. The predicted molar refractivity (Wildman–Crippen MR) is 101 cm³/mol. The van der Waals surface area contributed by atoms with Crippen molar-refractivity contribution in [3.63, 3.8) is 0 Å². The van der Waals surface area contributed by atoms with Crippen LogP contribution in [0.2, 0.25) is 0 Å². The van der Waals surface area contributed by atoms with Crippen LogP contribution in [0.1, 0.15) is 41.3 Å². The van der Waals surface area contributed by atoms with Crippen molar-refractivity contribution in [1.29, 1.82) is 0 Å². The van der Waals surface area contributed by atoms with Crippen molar-refractivity contribution in [2.75, 3.05) is 18.4 Å². The van der Waals surface area contributed by atoms with Crippen LogP contribution in [0.4, 0.5) is 18.9 Å². The van der Waals surface area contributed by atoms with E-state index in [1.54, 1.807) is 12.1 Å². The van der Waals surface area contributed by atoms with Crippen LogP contribution in [0.25, 0.3) is 11.0 Å². The molecule has 0 bridgehead atoms. The first-order valence-corrected chi connectivity index (χ1v) is 9.43. The Morgan fingerprint density at radius 1 is 1.21 bits per heavy atom. The average Bonchev–Trinajstić information content (AvgIpc) is 3.29. The van der Waals surface area contributed by atoms with Crippen molar-refractivity contribution in [1.82, 2.24) is 24.6 Å². The highest BCUT2D eigenvalue weighted by atomic mass is 19.4. The molecular formula is C19H21F3N6O. The van der Waals surface area contributed by atoms with E-state index in [0.717, 1.165) is 36.5 Å². The largest absolute Gasteiger partial charge is 0.432 e. The second-order valence-electron chi connectivity index (χ2n) is 7.25. The molecule has 3 aromatic rings. The molecule has 0 spiro atoms. The molecule has 0 saturated carbocycles. The van der Waals surface area contributed by atoms with Crippen molar-refractivity contribution in [2.45, 2.75) is 32.0 Å². The Kier molecular flexibility index (Phi) is 5.03. The van der Waals surface area contributed by atoms with E-state index in [4.69, 9.17) is 0 Å². The molecule has 1 amide bonds. The first-order valence-electron chi connectivity index (χ1n) is 9.43. The number of aromatic nitrogens is 4. The minimum Gasteiger partial charge on any atom is -0.330 e. The molecule has 1 fully saturated rings. The molecular weight excluding hydrogens is 385 g/mol. The fourth-order valence-corrected chi connectivity index (χ4v) is 3.56. The van der Waals surface area contributed by atoms with Gasteiger partial charge in [-0.3, -0.25) is 14.8 Å². The van der Waals surface area contributed by atoms with Gasteiger partial charge in [-0.05, 0) is 44.1 Å². The summed E-state index contributed by atoms with van der Waals surface area (Å²) >= 11 is 0. The number of likely N-dealkylation sites (tertiary alicyclic amines) is 1. The summed E-state index contributed by atoms with van der Waals surface area (Å²) in [6, 6.07) is 5.93. The molecule has 0 aliphatic carbocycles. The number of nitrogens with zero attached hydrogens (tertiary/aromatic N) is 4. The minimum absolute atomic E-state index is 0.329. The standard InChI is InChI=1S/C19H21F3N6O/c1-27-15-6-5-12(23-18(29)14-10-16(26-25-14)19(20,21)22)9-13(15)24-17(27)11-28-7-3-2-4-8-28/h5-6,9-10H,2-4,7-8,11H2,1H3,(H,23,29)(H,25,26). The number of hydrogen-bond acceptors (Lipinski definition) is 4. The molecule has 1 saturated heterocycles. The number of hydrogen-bond donors (Lipinski definition) is 2. The summed E-state index contributed by atoms with van der Waals surface area (Å²) in [7, 11) is 1.95. The first kappa shape index (κ1) is 19.4. The molecule has 1 aliphatic rings. The van der Waals surface area contributed by atoms with Gasteiger partial charge in [0.2, 0.25) is 0 Å². The highest BCUT2D eigenvalue weighted by Gasteiger charge is 2.33. The fourth-order valence-electron chi connectivity index (χ4n) is 3.56. The lowest BCUT2D eigenvalue weighted by atomic mass is 10.1. The third-order valence-electron chi connectivity index (χ3n) is 5.16. The minimum atomic E-state index is -4.58. The van der Waals surface area contributed by atoms with Crippen molar-refractivity contribution in [2.24, 2.45) is 7.05 Å². The van der Waals surface area contributed by atoms with Gasteiger partial charge < -0.3 is 9.88 Å². The Morgan fingerprint density at radius 3 is 2.66 bits per heavy atom. The topological polar surface area (TPSA) is 78.8 Å². The quantitative estimate of drug-likeness (QED) is 0.695. The van der Waals surface area contributed by atoms with Gasteiger partial charge in [0.15, 0.2) is 5.69 Å². The van der Waals surface area contributed by atoms with Crippen LogP contribution in [-0.4, -0.2) is 43.6 Å². The third-order valence-corrected chi connectivity index (χ3v) is 5.16. The monoisotopic (exact) mass is 406 g/mol. The number of amides is 1. The Hall–Kier alpha value is -2.88. The Balaban J connectivity index is 1.51. The maximum atomic E-state index is 12.7. The van der Waals surface area contributed by atoms with Crippen LogP contribution in [-0.2, 0) is 19.8 Å². The lowest BCUT2D eigenvalue weighted by molar-refractivity contribution is -0.141. The number of halogens is 3. The van der Waals surface area contributed by atoms with Gasteiger partial charge in [-0.25, -0.2) is 4.98 Å². The molecule has 3 heterocycles. The van der Waals surface area contributed by atoms with Crippen LogP contribution >= 0.6 is 0 Å². The van der Waals surface area contributed by atoms with Crippen molar-refractivity contribution >= 4 is 22.6 Å². The van der Waals surface area contributed by atoms with E-state index in [1.807, 2.05) is 22.8 Å². The summed E-state index contributed by atoms with van der Waals surface area (Å²) in [5.74, 6) is 0.216. The summed E-state index contributed by atoms with van der Waals surface area (Å²) in [5, 5.41) is 7.85. The zero-order valence-corrected chi connectivity index (χ0v) is 15.9. The number of rotatable bonds is 4. The van der Waals surface area contributed by atoms with Crippen LogP contribution < -0.4 is 5.32 Å². The van der Waals surface area contributed by atoms with Gasteiger partial charge >= 0.3 is 6.18 Å². The normalized spacial score (nSPS) is 15.7. The highest BCUT2D eigenvalue weighted by molar-refractivity contribution is 6.03. The second kappa shape index (κ2) is 7.51. The molecule has 4 rings (SSSR count). The Bertz CT molecular complexity index is 1030. The molecule has 0 unspecified atom stereocenters. The summed E-state index contributed by atoms with van der Waals surface area (Å²) in [6.07, 6.45) is -0.918. The maximum absolute atomic E-state index is 12.7. The number of fused-ring (bicyclic) bond motifs is 1. The number of nitrogens with one attached hydrogen (secondary N) is 2. The maximum Gasteiger partial charge on any atom is 0.432 e. The molecule has 29 heavy (non-hydrogen) atoms. The fraction of sp³-hybridized carbons (Fsp3) is 0.421. The summed E-state index contributed by atoms with van der Waals surface area (Å²) in [6.45, 7) is 2.89. The van der Waals surface area contributed by atoms with Crippen LogP contribution in [0.15, 0.2) is 24.3 Å². The van der Waals surface area contributed by atoms with Crippen molar-refractivity contribution in [3.05, 3.63) is 41.5 Å². The number of aryl methyl sites for hydroxylation is 1. The molecule has 1 aliphatic heterocycles. The van der Waals surface area contributed by atoms with E-state index in [1.165, 1.54) is 19.3 Å². The lowest BCUT2D eigenvalue weighted by Crippen LogP contribution is -2.30. The van der Waals surface area contributed by atoms with E-state index in [9.17, 15) is 18.0 Å². The number of carbonyl (C=O) groups is 1. The Morgan fingerprint density at radius 2 is 1.97 bits per heavy atom. The molecule has 2 N–H and O–H groups in total. The lowest BCUT2D eigenvalue weighted by Gasteiger charge is -2.25. The van der Waals surface area contributed by atoms with Crippen LogP contribution in [0, 0.1) is 0 Å². The summed E-state index contributed by atoms with van der Waals surface area (Å²) in [4.78, 5) is 19.3. The van der Waals surface area contributed by atoms with Gasteiger partial charge in [0, 0.05) is 18.8 Å². The number of benzene rings is 1. The molecule has 7 nitrogen and oxygen atoms in total. The molecule has 154 valence electrons. The van der Waals surface area contributed by atoms with Gasteiger partial charge in [0.25, 0.3) is 5.91 Å². The second-order valence-corrected chi connectivity index (χ2v) is 7.25. The average molecular weight is 406 g/mol. The summed E-state index contributed by atoms with van der Waals surface area (Å²) < 4.78 is 40.0. The number of H-pyrrole nitrogens is 1. The predicted octanol–water partition coefficient (Wildman–Crippen LogP) is 3.55. The number of aromatic amines is 1. The van der Waals surface area contributed by atoms with Crippen LogP contribution in [0.5, 0.6) is 0 Å². The van der Waals surface area contributed by atoms with E-state index < -0.39 is 17.8 Å². The smallest absolute Gasteiger partial charge is 0.330 e. The van der Waals surface area contributed by atoms with Crippen molar-refractivity contribution in [3.8, 4) is 0 Å². The first-order chi connectivity index (χ1) is 13.8. The molecule has 10 heteroatoms. The van der Waals surface area contributed by atoms with E-state index in [0.29, 0.717) is 11.8 Å². The van der Waals surface area contributed by atoms with Crippen LogP contribution in [0.3, 0.4) is 0 Å². The zero-order valence-electron chi connectivity index (χ0n) is 15.9. The van der Waals surface area contributed by atoms with Gasteiger partial charge in [0.1, 0.15) is 11.5 Å². The highest BCUT2D eigenvalue weighted by Crippen LogP contribution is 2.28. The number of anilines is 1. The van der Waals surface area contributed by atoms with E-state index in [2.05, 4.69) is 20.3 Å². The van der Waals surface area contributed by atoms with E-state index >= 15 is 0 Å². The molecule has 1 aromatic carbocycles. The summed E-state index contributed by atoms with van der Waals surface area (Å²) in [5.41, 5.74) is 0.695. The zero-order chi connectivity index (χ0) is 20.6. The number of imidazole rings is 1. The van der Waals surface area contributed by atoms with Crippen molar-refractivity contribution < 1.29 is 18.0 Å². The van der Waals surface area contributed by atoms with Gasteiger partial charge in [-0.1, -0.05) is 6.42 Å².